The van der Waals surface area contributed by atoms with Crippen LogP contribution in [0.15, 0.2) is 54.6 Å². The highest BCUT2D eigenvalue weighted by atomic mass is 32.2. The highest BCUT2D eigenvalue weighted by molar-refractivity contribution is 7.92. The van der Waals surface area contributed by atoms with Crippen LogP contribution in [0.1, 0.15) is 23.0 Å². The smallest absolute Gasteiger partial charge is 0.229 e. The first kappa shape index (κ1) is 20.9. The summed E-state index contributed by atoms with van der Waals surface area (Å²) in [6.07, 6.45) is 1.16. The molecule has 1 fully saturated rings. The number of aromatic nitrogens is 2. The minimum atomic E-state index is -3.46. The van der Waals surface area contributed by atoms with E-state index in [1.54, 1.807) is 0 Å². The zero-order valence-electron chi connectivity index (χ0n) is 18.1. The average molecular weight is 451 g/mol. The van der Waals surface area contributed by atoms with Gasteiger partial charge in [-0.2, -0.15) is 0 Å². The van der Waals surface area contributed by atoms with Crippen LogP contribution in [0.5, 0.6) is 0 Å². The largest absolute Gasteiger partial charge is 0.379 e. The molecule has 3 aromatic carbocycles. The van der Waals surface area contributed by atoms with Crippen LogP contribution in [0.2, 0.25) is 0 Å². The van der Waals surface area contributed by atoms with Gasteiger partial charge in [0.25, 0.3) is 0 Å². The first-order valence-corrected chi connectivity index (χ1v) is 12.6. The summed E-state index contributed by atoms with van der Waals surface area (Å²) in [5.41, 5.74) is 4.11. The lowest BCUT2D eigenvalue weighted by Crippen LogP contribution is -2.39. The van der Waals surface area contributed by atoms with E-state index in [9.17, 15) is 8.42 Å². The van der Waals surface area contributed by atoms with Crippen molar-refractivity contribution >= 4 is 37.5 Å². The fourth-order valence-corrected chi connectivity index (χ4v) is 5.17. The zero-order valence-corrected chi connectivity index (χ0v) is 18.9. The van der Waals surface area contributed by atoms with Gasteiger partial charge in [0.05, 0.1) is 36.7 Å². The number of rotatable bonds is 5. The Morgan fingerprint density at radius 1 is 1.09 bits per heavy atom. The molecule has 0 saturated carbocycles. The lowest BCUT2D eigenvalue weighted by molar-refractivity contribution is 0.0242. The quantitative estimate of drug-likeness (QED) is 0.483. The standard InChI is InChI=1S/C24H26N4O3S/c1-16-25-21-14-18(15-22(23(21)26-16)27-32(2,29)30)24(28-10-12-31-13-11-28)20-9-5-7-17-6-3-4-8-19(17)20/h3-9,14-15,24,27H,10-13H2,1-2H3,(H,25,26). The molecule has 0 amide bonds. The molecule has 7 nitrogen and oxygen atoms in total. The number of hydrogen-bond donors (Lipinski definition) is 2. The Hall–Kier alpha value is -2.94. The van der Waals surface area contributed by atoms with E-state index in [4.69, 9.17) is 4.74 Å². The maximum absolute atomic E-state index is 12.1. The van der Waals surface area contributed by atoms with Gasteiger partial charge in [-0.1, -0.05) is 42.5 Å². The maximum Gasteiger partial charge on any atom is 0.229 e. The molecule has 0 bridgehead atoms. The van der Waals surface area contributed by atoms with E-state index in [0.717, 1.165) is 36.2 Å². The van der Waals surface area contributed by atoms with E-state index in [-0.39, 0.29) is 6.04 Å². The van der Waals surface area contributed by atoms with E-state index in [1.807, 2.05) is 19.1 Å². The molecule has 0 spiro atoms. The van der Waals surface area contributed by atoms with Gasteiger partial charge in [0, 0.05) is 13.1 Å². The van der Waals surface area contributed by atoms with Gasteiger partial charge in [-0.25, -0.2) is 13.4 Å². The summed E-state index contributed by atoms with van der Waals surface area (Å²) in [6, 6.07) is 18.7. The summed E-state index contributed by atoms with van der Waals surface area (Å²) >= 11 is 0. The molecule has 32 heavy (non-hydrogen) atoms. The van der Waals surface area contributed by atoms with Crippen LogP contribution in [0.3, 0.4) is 0 Å². The van der Waals surface area contributed by atoms with E-state index in [1.165, 1.54) is 16.3 Å². The second-order valence-corrected chi connectivity index (χ2v) is 10.0. The van der Waals surface area contributed by atoms with Gasteiger partial charge in [-0.3, -0.25) is 9.62 Å². The second kappa shape index (κ2) is 8.20. The van der Waals surface area contributed by atoms with Gasteiger partial charge in [-0.15, -0.1) is 0 Å². The van der Waals surface area contributed by atoms with Crippen molar-refractivity contribution in [2.24, 2.45) is 0 Å². The molecule has 1 aliphatic heterocycles. The predicted molar refractivity (Wildman–Crippen MR) is 127 cm³/mol. The topological polar surface area (TPSA) is 87.3 Å². The van der Waals surface area contributed by atoms with E-state index in [0.29, 0.717) is 24.4 Å². The molecule has 1 unspecified atom stereocenters. The summed E-state index contributed by atoms with van der Waals surface area (Å²) in [6.45, 7) is 4.79. The number of H-pyrrole nitrogens is 1. The number of imidazole rings is 1. The molecular weight excluding hydrogens is 424 g/mol. The van der Waals surface area contributed by atoms with Gasteiger partial charge < -0.3 is 9.72 Å². The van der Waals surface area contributed by atoms with Crippen LogP contribution in [-0.4, -0.2) is 55.8 Å². The molecule has 1 atom stereocenters. The molecule has 1 aliphatic rings. The van der Waals surface area contributed by atoms with Gasteiger partial charge in [0.15, 0.2) is 0 Å². The van der Waals surface area contributed by atoms with Crippen molar-refractivity contribution in [2.45, 2.75) is 13.0 Å². The number of nitrogens with one attached hydrogen (secondary N) is 2. The lowest BCUT2D eigenvalue weighted by atomic mass is 9.91. The Balaban J connectivity index is 1.74. The number of aryl methyl sites for hydroxylation is 1. The molecule has 0 aliphatic carbocycles. The summed E-state index contributed by atoms with van der Waals surface area (Å²) < 4.78 is 32.5. The van der Waals surface area contributed by atoms with Crippen LogP contribution < -0.4 is 4.72 Å². The van der Waals surface area contributed by atoms with Crippen molar-refractivity contribution in [3.05, 3.63) is 71.5 Å². The van der Waals surface area contributed by atoms with E-state index < -0.39 is 10.0 Å². The van der Waals surface area contributed by atoms with Crippen LogP contribution in [0.25, 0.3) is 21.8 Å². The summed E-state index contributed by atoms with van der Waals surface area (Å²) in [4.78, 5) is 10.2. The summed E-state index contributed by atoms with van der Waals surface area (Å²) in [5.74, 6) is 0.738. The number of aromatic amines is 1. The van der Waals surface area contributed by atoms with Crippen LogP contribution in [0.4, 0.5) is 5.69 Å². The molecule has 2 N–H and O–H groups in total. The summed E-state index contributed by atoms with van der Waals surface area (Å²) in [7, 11) is -3.46. The molecule has 2 heterocycles. The maximum atomic E-state index is 12.1. The molecular formula is C24H26N4O3S. The number of sulfonamides is 1. The Bertz CT molecular complexity index is 1390. The van der Waals surface area contributed by atoms with Gasteiger partial charge in [-0.05, 0) is 41.0 Å². The third-order valence-electron chi connectivity index (χ3n) is 5.87. The van der Waals surface area contributed by atoms with Gasteiger partial charge >= 0.3 is 0 Å². The number of hydrogen-bond acceptors (Lipinski definition) is 5. The summed E-state index contributed by atoms with van der Waals surface area (Å²) in [5, 5.41) is 2.36. The molecule has 166 valence electrons. The fraction of sp³-hybridized carbons (Fsp3) is 0.292. The van der Waals surface area contributed by atoms with Crippen molar-refractivity contribution in [2.75, 3.05) is 37.3 Å². The van der Waals surface area contributed by atoms with Crippen molar-refractivity contribution in [1.29, 1.82) is 0 Å². The van der Waals surface area contributed by atoms with Crippen LogP contribution in [-0.2, 0) is 14.8 Å². The highest BCUT2D eigenvalue weighted by Crippen LogP contribution is 2.37. The number of nitrogens with zero attached hydrogens (tertiary/aromatic N) is 2. The van der Waals surface area contributed by atoms with Gasteiger partial charge in [0.1, 0.15) is 11.3 Å². The van der Waals surface area contributed by atoms with Gasteiger partial charge in [0.2, 0.25) is 10.0 Å². The molecule has 4 aromatic rings. The third-order valence-corrected chi connectivity index (χ3v) is 6.46. The van der Waals surface area contributed by atoms with Crippen molar-refractivity contribution < 1.29 is 13.2 Å². The minimum Gasteiger partial charge on any atom is -0.379 e. The number of fused-ring (bicyclic) bond motifs is 2. The first-order valence-electron chi connectivity index (χ1n) is 10.7. The lowest BCUT2D eigenvalue weighted by Gasteiger charge is -2.36. The fourth-order valence-electron chi connectivity index (χ4n) is 4.61. The molecule has 8 heteroatoms. The minimum absolute atomic E-state index is 0.0573. The van der Waals surface area contributed by atoms with Crippen molar-refractivity contribution in [3.63, 3.8) is 0 Å². The number of benzene rings is 3. The predicted octanol–water partition coefficient (Wildman–Crippen LogP) is 3.82. The molecule has 1 aromatic heterocycles. The van der Waals surface area contributed by atoms with Crippen molar-refractivity contribution in [3.8, 4) is 0 Å². The third kappa shape index (κ3) is 4.09. The normalized spacial score (nSPS) is 16.4. The number of ether oxygens (including phenoxy) is 1. The Labute approximate surface area is 187 Å². The Kier molecular flexibility index (Phi) is 5.36. The van der Waals surface area contributed by atoms with E-state index >= 15 is 0 Å². The molecule has 0 radical (unpaired) electrons. The Morgan fingerprint density at radius 2 is 1.84 bits per heavy atom. The first-order chi connectivity index (χ1) is 15.4. The zero-order chi connectivity index (χ0) is 22.3. The Morgan fingerprint density at radius 3 is 2.62 bits per heavy atom. The van der Waals surface area contributed by atoms with Crippen LogP contribution in [0, 0.1) is 6.92 Å². The molecule has 5 rings (SSSR count). The number of anilines is 1. The van der Waals surface area contributed by atoms with Crippen molar-refractivity contribution in [1.82, 2.24) is 14.9 Å². The monoisotopic (exact) mass is 450 g/mol. The van der Waals surface area contributed by atoms with Crippen LogP contribution >= 0.6 is 0 Å². The number of morpholine rings is 1. The highest BCUT2D eigenvalue weighted by Gasteiger charge is 2.27. The average Bonchev–Trinajstić information content (AvgIpc) is 3.14. The molecule has 1 saturated heterocycles. The van der Waals surface area contributed by atoms with E-state index in [2.05, 4.69) is 62.1 Å². The second-order valence-electron chi connectivity index (χ2n) is 8.28. The SMILES string of the molecule is Cc1nc2c(NS(C)(=O)=O)cc(C(c3cccc4ccccc34)N3CCOCC3)cc2[nH]1.